The molecule has 0 aliphatic heterocycles. The number of halogens is 1. The Hall–Kier alpha value is -1.36. The van der Waals surface area contributed by atoms with E-state index < -0.39 is 0 Å². The first-order chi connectivity index (χ1) is 8.56. The molecule has 5 nitrogen and oxygen atoms in total. The van der Waals surface area contributed by atoms with Crippen molar-refractivity contribution in [2.24, 2.45) is 0 Å². The average molecular weight is 271 g/mol. The lowest BCUT2D eigenvalue weighted by Crippen LogP contribution is -2.31. The molecule has 0 bridgehead atoms. The van der Waals surface area contributed by atoms with Crippen molar-refractivity contribution >= 4 is 23.3 Å². The van der Waals surface area contributed by atoms with E-state index in [1.807, 2.05) is 13.8 Å². The summed E-state index contributed by atoms with van der Waals surface area (Å²) in [5, 5.41) is 3.48. The summed E-state index contributed by atoms with van der Waals surface area (Å²) >= 11 is 5.82. The third-order valence-corrected chi connectivity index (χ3v) is 2.76. The fraction of sp³-hybridized carbons (Fsp3) is 0.583. The number of amides is 1. The highest BCUT2D eigenvalue weighted by molar-refractivity contribution is 6.29. The van der Waals surface area contributed by atoms with Gasteiger partial charge in [-0.1, -0.05) is 11.6 Å². The SMILES string of the molecule is CCN(CC)C(=O)CCNc1cc(Cl)nc(C)n1. The van der Waals surface area contributed by atoms with Crippen LogP contribution in [0.3, 0.4) is 0 Å². The molecule has 0 aliphatic carbocycles. The van der Waals surface area contributed by atoms with Crippen LogP contribution in [0.15, 0.2) is 6.07 Å². The third kappa shape index (κ3) is 4.49. The van der Waals surface area contributed by atoms with Crippen LogP contribution >= 0.6 is 11.6 Å². The molecule has 0 radical (unpaired) electrons. The highest BCUT2D eigenvalue weighted by Crippen LogP contribution is 2.10. The first-order valence-electron chi connectivity index (χ1n) is 6.09. The number of aryl methyl sites for hydroxylation is 1. The van der Waals surface area contributed by atoms with Crippen molar-refractivity contribution in [3.63, 3.8) is 0 Å². The molecule has 1 rings (SSSR count). The summed E-state index contributed by atoms with van der Waals surface area (Å²) in [6.45, 7) is 7.76. The summed E-state index contributed by atoms with van der Waals surface area (Å²) in [6.07, 6.45) is 0.447. The van der Waals surface area contributed by atoms with Crippen molar-refractivity contribution in [3.8, 4) is 0 Å². The molecule has 100 valence electrons. The van der Waals surface area contributed by atoms with Gasteiger partial charge in [0.05, 0.1) is 0 Å². The lowest BCUT2D eigenvalue weighted by Gasteiger charge is -2.18. The van der Waals surface area contributed by atoms with Crippen molar-refractivity contribution in [1.82, 2.24) is 14.9 Å². The molecule has 18 heavy (non-hydrogen) atoms. The molecule has 0 atom stereocenters. The van der Waals surface area contributed by atoms with Gasteiger partial charge in [-0.2, -0.15) is 0 Å². The standard InChI is InChI=1S/C12H19ClN4O/c1-4-17(5-2)12(18)6-7-14-11-8-10(13)15-9(3)16-11/h8H,4-7H2,1-3H3,(H,14,15,16). The van der Waals surface area contributed by atoms with E-state index in [-0.39, 0.29) is 5.91 Å². The Bertz CT molecular complexity index is 387. The van der Waals surface area contributed by atoms with Crippen molar-refractivity contribution in [3.05, 3.63) is 17.0 Å². The molecular weight excluding hydrogens is 252 g/mol. The number of hydrogen-bond donors (Lipinski definition) is 1. The second-order valence-corrected chi connectivity index (χ2v) is 4.25. The Kier molecular flexibility index (Phi) is 5.85. The summed E-state index contributed by atoms with van der Waals surface area (Å²) in [5.41, 5.74) is 0. The van der Waals surface area contributed by atoms with Crippen molar-refractivity contribution in [2.75, 3.05) is 25.0 Å². The van der Waals surface area contributed by atoms with Crippen LogP contribution < -0.4 is 5.32 Å². The smallest absolute Gasteiger partial charge is 0.224 e. The van der Waals surface area contributed by atoms with E-state index in [9.17, 15) is 4.79 Å². The zero-order valence-electron chi connectivity index (χ0n) is 11.0. The van der Waals surface area contributed by atoms with E-state index in [2.05, 4.69) is 15.3 Å². The molecule has 1 heterocycles. The number of rotatable bonds is 6. The van der Waals surface area contributed by atoms with E-state index in [4.69, 9.17) is 11.6 Å². The van der Waals surface area contributed by atoms with Gasteiger partial charge in [0, 0.05) is 32.1 Å². The molecule has 1 amide bonds. The van der Waals surface area contributed by atoms with Gasteiger partial charge in [0.1, 0.15) is 16.8 Å². The normalized spacial score (nSPS) is 10.2. The number of aromatic nitrogens is 2. The monoisotopic (exact) mass is 270 g/mol. The molecule has 0 saturated heterocycles. The second-order valence-electron chi connectivity index (χ2n) is 3.87. The topological polar surface area (TPSA) is 58.1 Å². The minimum atomic E-state index is 0.143. The number of nitrogens with one attached hydrogen (secondary N) is 1. The maximum Gasteiger partial charge on any atom is 0.224 e. The van der Waals surface area contributed by atoms with Crippen LogP contribution in [-0.2, 0) is 4.79 Å². The lowest BCUT2D eigenvalue weighted by atomic mass is 10.3. The van der Waals surface area contributed by atoms with Gasteiger partial charge in [0.2, 0.25) is 5.91 Å². The Balaban J connectivity index is 2.44. The average Bonchev–Trinajstić information content (AvgIpc) is 2.29. The minimum Gasteiger partial charge on any atom is -0.369 e. The number of hydrogen-bond acceptors (Lipinski definition) is 4. The Morgan fingerprint density at radius 2 is 2.06 bits per heavy atom. The fourth-order valence-corrected chi connectivity index (χ4v) is 1.88. The van der Waals surface area contributed by atoms with E-state index in [1.165, 1.54) is 0 Å². The molecule has 1 N–H and O–H groups in total. The van der Waals surface area contributed by atoms with Crippen molar-refractivity contribution in [1.29, 1.82) is 0 Å². The molecule has 0 unspecified atom stereocenters. The Morgan fingerprint density at radius 1 is 1.39 bits per heavy atom. The molecule has 6 heteroatoms. The maximum absolute atomic E-state index is 11.8. The summed E-state index contributed by atoms with van der Waals surface area (Å²) in [7, 11) is 0. The summed E-state index contributed by atoms with van der Waals surface area (Å²) in [6, 6.07) is 1.65. The molecule has 0 spiro atoms. The van der Waals surface area contributed by atoms with Crippen LogP contribution in [-0.4, -0.2) is 40.4 Å². The van der Waals surface area contributed by atoms with Gasteiger partial charge < -0.3 is 10.2 Å². The molecule has 1 aromatic heterocycles. The molecule has 0 aromatic carbocycles. The predicted octanol–water partition coefficient (Wildman–Crippen LogP) is 2.11. The molecule has 1 aromatic rings. The maximum atomic E-state index is 11.8. The van der Waals surface area contributed by atoms with Gasteiger partial charge in [-0.05, 0) is 20.8 Å². The van der Waals surface area contributed by atoms with Crippen LogP contribution in [0, 0.1) is 6.92 Å². The quantitative estimate of drug-likeness (QED) is 0.805. The first kappa shape index (κ1) is 14.7. The summed E-state index contributed by atoms with van der Waals surface area (Å²) < 4.78 is 0. The highest BCUT2D eigenvalue weighted by atomic mass is 35.5. The third-order valence-electron chi connectivity index (χ3n) is 2.57. The highest BCUT2D eigenvalue weighted by Gasteiger charge is 2.08. The lowest BCUT2D eigenvalue weighted by molar-refractivity contribution is -0.130. The van der Waals surface area contributed by atoms with Gasteiger partial charge in [-0.3, -0.25) is 4.79 Å². The minimum absolute atomic E-state index is 0.143. The van der Waals surface area contributed by atoms with Gasteiger partial charge in [-0.25, -0.2) is 9.97 Å². The number of carbonyl (C=O) groups is 1. The van der Waals surface area contributed by atoms with Crippen LogP contribution in [0.5, 0.6) is 0 Å². The van der Waals surface area contributed by atoms with Crippen molar-refractivity contribution in [2.45, 2.75) is 27.2 Å². The molecule has 0 saturated carbocycles. The summed E-state index contributed by atoms with van der Waals surface area (Å²) in [4.78, 5) is 21.7. The summed E-state index contributed by atoms with van der Waals surface area (Å²) in [5.74, 6) is 1.41. The molecular formula is C12H19ClN4O. The Morgan fingerprint density at radius 3 is 2.61 bits per heavy atom. The Labute approximate surface area is 113 Å². The number of anilines is 1. The van der Waals surface area contributed by atoms with E-state index in [1.54, 1.807) is 17.9 Å². The van der Waals surface area contributed by atoms with E-state index >= 15 is 0 Å². The number of nitrogens with zero attached hydrogens (tertiary/aromatic N) is 3. The van der Waals surface area contributed by atoms with Crippen LogP contribution in [0.2, 0.25) is 5.15 Å². The van der Waals surface area contributed by atoms with Crippen LogP contribution in [0.4, 0.5) is 5.82 Å². The first-order valence-corrected chi connectivity index (χ1v) is 6.47. The number of carbonyl (C=O) groups excluding carboxylic acids is 1. The van der Waals surface area contributed by atoms with Gasteiger partial charge >= 0.3 is 0 Å². The fourth-order valence-electron chi connectivity index (χ4n) is 1.65. The van der Waals surface area contributed by atoms with Crippen molar-refractivity contribution < 1.29 is 4.79 Å². The molecule has 0 aliphatic rings. The molecule has 0 fully saturated rings. The second kappa shape index (κ2) is 7.16. The van der Waals surface area contributed by atoms with Gasteiger partial charge in [0.25, 0.3) is 0 Å². The van der Waals surface area contributed by atoms with E-state index in [0.717, 1.165) is 13.1 Å². The largest absolute Gasteiger partial charge is 0.369 e. The van der Waals surface area contributed by atoms with Crippen LogP contribution in [0.1, 0.15) is 26.1 Å². The zero-order valence-corrected chi connectivity index (χ0v) is 11.8. The van der Waals surface area contributed by atoms with E-state index in [0.29, 0.717) is 29.8 Å². The predicted molar refractivity (Wildman–Crippen MR) is 72.8 cm³/mol. The van der Waals surface area contributed by atoms with Crippen LogP contribution in [0.25, 0.3) is 0 Å². The van der Waals surface area contributed by atoms with Gasteiger partial charge in [-0.15, -0.1) is 0 Å². The van der Waals surface area contributed by atoms with Gasteiger partial charge in [0.15, 0.2) is 0 Å². The zero-order chi connectivity index (χ0) is 13.5.